The largest absolute Gasteiger partial charge is 0.356 e. The van der Waals surface area contributed by atoms with Gasteiger partial charge in [0.2, 0.25) is 0 Å². The van der Waals surface area contributed by atoms with Gasteiger partial charge in [-0.05, 0) is 29.7 Å². The van der Waals surface area contributed by atoms with E-state index in [0.29, 0.717) is 0 Å². The van der Waals surface area contributed by atoms with Gasteiger partial charge in [-0.1, -0.05) is 91.9 Å². The molecule has 1 heterocycles. The lowest BCUT2D eigenvalue weighted by Gasteiger charge is -2.42. The Hall–Kier alpha value is -2.84. The van der Waals surface area contributed by atoms with Crippen molar-refractivity contribution in [2.45, 2.75) is 25.2 Å². The van der Waals surface area contributed by atoms with Crippen molar-refractivity contribution in [2.75, 3.05) is 5.32 Å². The van der Waals surface area contributed by atoms with Gasteiger partial charge in [-0.3, -0.25) is 0 Å². The molecular weight excluding hydrogens is 318 g/mol. The van der Waals surface area contributed by atoms with Crippen molar-refractivity contribution in [1.29, 1.82) is 0 Å². The van der Waals surface area contributed by atoms with Crippen LogP contribution in [-0.4, -0.2) is 6.23 Å². The second kappa shape index (κ2) is 7.19. The zero-order valence-corrected chi connectivity index (χ0v) is 14.9. The standard InChI is InChI=1S/C24H23NO/c1-2-24(20-13-7-4-8-14-20)21-15-9-10-16-22(21)25-23(26-24)18-17-19-11-5-3-6-12-19/h3-18,23,25H,2H2,1H3/b18-17+/t23-,24+/m1/s1. The summed E-state index contributed by atoms with van der Waals surface area (Å²) in [7, 11) is 0. The van der Waals surface area contributed by atoms with Crippen molar-refractivity contribution >= 4 is 11.8 Å². The molecule has 1 N–H and O–H groups in total. The molecule has 0 aromatic heterocycles. The van der Waals surface area contributed by atoms with Crippen LogP contribution in [0, 0.1) is 0 Å². The van der Waals surface area contributed by atoms with Crippen molar-refractivity contribution in [3.8, 4) is 0 Å². The van der Waals surface area contributed by atoms with E-state index in [1.807, 2.05) is 24.3 Å². The van der Waals surface area contributed by atoms with Crippen molar-refractivity contribution in [1.82, 2.24) is 0 Å². The highest BCUT2D eigenvalue weighted by atomic mass is 16.5. The molecule has 0 amide bonds. The molecule has 0 aliphatic carbocycles. The number of fused-ring (bicyclic) bond motifs is 1. The lowest BCUT2D eigenvalue weighted by molar-refractivity contribution is -0.0506. The van der Waals surface area contributed by atoms with Crippen LogP contribution in [0.1, 0.15) is 30.0 Å². The smallest absolute Gasteiger partial charge is 0.149 e. The fourth-order valence-electron chi connectivity index (χ4n) is 3.68. The number of hydrogen-bond donors (Lipinski definition) is 1. The van der Waals surface area contributed by atoms with Crippen LogP contribution in [-0.2, 0) is 10.3 Å². The maximum atomic E-state index is 6.66. The maximum Gasteiger partial charge on any atom is 0.149 e. The summed E-state index contributed by atoms with van der Waals surface area (Å²) < 4.78 is 6.66. The average Bonchev–Trinajstić information content (AvgIpc) is 2.73. The second-order valence-corrected chi connectivity index (χ2v) is 6.54. The number of nitrogens with one attached hydrogen (secondary N) is 1. The Kier molecular flexibility index (Phi) is 4.59. The predicted molar refractivity (Wildman–Crippen MR) is 108 cm³/mol. The zero-order chi connectivity index (χ0) is 17.8. The molecule has 130 valence electrons. The number of para-hydroxylation sites is 1. The van der Waals surface area contributed by atoms with E-state index < -0.39 is 5.60 Å². The van der Waals surface area contributed by atoms with Gasteiger partial charge in [-0.2, -0.15) is 0 Å². The van der Waals surface area contributed by atoms with Crippen LogP contribution in [0.5, 0.6) is 0 Å². The van der Waals surface area contributed by atoms with Gasteiger partial charge < -0.3 is 10.1 Å². The Bertz CT molecular complexity index is 888. The monoisotopic (exact) mass is 341 g/mol. The minimum atomic E-state index is -0.450. The van der Waals surface area contributed by atoms with Gasteiger partial charge in [-0.15, -0.1) is 0 Å². The molecule has 0 spiro atoms. The number of hydrogen-bond acceptors (Lipinski definition) is 2. The first-order valence-corrected chi connectivity index (χ1v) is 9.14. The minimum Gasteiger partial charge on any atom is -0.356 e. The molecule has 0 bridgehead atoms. The molecule has 2 nitrogen and oxygen atoms in total. The fourth-order valence-corrected chi connectivity index (χ4v) is 3.68. The molecule has 1 aliphatic rings. The van der Waals surface area contributed by atoms with E-state index in [1.165, 1.54) is 16.7 Å². The quantitative estimate of drug-likeness (QED) is 0.645. The van der Waals surface area contributed by atoms with Crippen LogP contribution in [0.15, 0.2) is 91.0 Å². The van der Waals surface area contributed by atoms with Gasteiger partial charge in [-0.25, -0.2) is 0 Å². The lowest BCUT2D eigenvalue weighted by atomic mass is 9.81. The summed E-state index contributed by atoms with van der Waals surface area (Å²) in [6.07, 6.45) is 4.88. The number of rotatable bonds is 4. The van der Waals surface area contributed by atoms with E-state index in [9.17, 15) is 0 Å². The number of anilines is 1. The zero-order valence-electron chi connectivity index (χ0n) is 14.9. The summed E-state index contributed by atoms with van der Waals surface area (Å²) >= 11 is 0. The minimum absolute atomic E-state index is 0.190. The Labute approximate surface area is 155 Å². The molecule has 26 heavy (non-hydrogen) atoms. The first kappa shape index (κ1) is 16.6. The molecule has 2 heteroatoms. The second-order valence-electron chi connectivity index (χ2n) is 6.54. The lowest BCUT2D eigenvalue weighted by Crippen LogP contribution is -2.42. The van der Waals surface area contributed by atoms with Crippen molar-refractivity contribution < 1.29 is 4.74 Å². The van der Waals surface area contributed by atoms with Gasteiger partial charge in [0.05, 0.1) is 0 Å². The molecule has 0 saturated heterocycles. The molecule has 0 unspecified atom stereocenters. The molecule has 3 aromatic rings. The first-order valence-electron chi connectivity index (χ1n) is 9.14. The van der Waals surface area contributed by atoms with E-state index in [-0.39, 0.29) is 6.23 Å². The summed E-state index contributed by atoms with van der Waals surface area (Å²) in [4.78, 5) is 0. The Morgan fingerprint density at radius 3 is 2.27 bits per heavy atom. The Morgan fingerprint density at radius 2 is 1.54 bits per heavy atom. The molecule has 0 radical (unpaired) electrons. The van der Waals surface area contributed by atoms with Crippen LogP contribution >= 0.6 is 0 Å². The predicted octanol–water partition coefficient (Wildman–Crippen LogP) is 5.82. The van der Waals surface area contributed by atoms with Gasteiger partial charge >= 0.3 is 0 Å². The van der Waals surface area contributed by atoms with Gasteiger partial charge in [0.25, 0.3) is 0 Å². The third kappa shape index (κ3) is 3.04. The highest BCUT2D eigenvalue weighted by Gasteiger charge is 2.40. The van der Waals surface area contributed by atoms with E-state index >= 15 is 0 Å². The van der Waals surface area contributed by atoms with Gasteiger partial charge in [0.1, 0.15) is 11.8 Å². The summed E-state index contributed by atoms with van der Waals surface area (Å²) in [6.45, 7) is 2.19. The number of ether oxygens (including phenoxy) is 1. The van der Waals surface area contributed by atoms with Crippen LogP contribution in [0.25, 0.3) is 6.08 Å². The maximum absolute atomic E-state index is 6.66. The fraction of sp³-hybridized carbons (Fsp3) is 0.167. The van der Waals surface area contributed by atoms with Crippen molar-refractivity contribution in [3.63, 3.8) is 0 Å². The highest BCUT2D eigenvalue weighted by Crippen LogP contribution is 2.44. The SMILES string of the molecule is CC[C@@]1(c2ccccc2)O[C@H](/C=C/c2ccccc2)Nc2ccccc21. The van der Waals surface area contributed by atoms with Crippen LogP contribution in [0.3, 0.4) is 0 Å². The van der Waals surface area contributed by atoms with Crippen LogP contribution in [0.2, 0.25) is 0 Å². The Morgan fingerprint density at radius 1 is 0.885 bits per heavy atom. The summed E-state index contributed by atoms with van der Waals surface area (Å²) in [6, 6.07) is 29.3. The summed E-state index contributed by atoms with van der Waals surface area (Å²) in [5.41, 5.74) is 4.23. The molecular formula is C24H23NO. The normalized spacial score (nSPS) is 22.0. The summed E-state index contributed by atoms with van der Waals surface area (Å²) in [5, 5.41) is 3.52. The van der Waals surface area contributed by atoms with Crippen molar-refractivity contribution in [3.05, 3.63) is 108 Å². The van der Waals surface area contributed by atoms with Crippen LogP contribution < -0.4 is 5.32 Å². The van der Waals surface area contributed by atoms with Crippen LogP contribution in [0.4, 0.5) is 5.69 Å². The Balaban J connectivity index is 1.75. The molecule has 0 fully saturated rings. The van der Waals surface area contributed by atoms with Crippen molar-refractivity contribution in [2.24, 2.45) is 0 Å². The topological polar surface area (TPSA) is 21.3 Å². The van der Waals surface area contributed by atoms with E-state index in [2.05, 4.69) is 85.1 Å². The van der Waals surface area contributed by atoms with Gasteiger partial charge in [0, 0.05) is 11.3 Å². The van der Waals surface area contributed by atoms with E-state index in [0.717, 1.165) is 12.1 Å². The molecule has 3 aromatic carbocycles. The molecule has 4 rings (SSSR count). The van der Waals surface area contributed by atoms with E-state index in [4.69, 9.17) is 4.74 Å². The van der Waals surface area contributed by atoms with Gasteiger partial charge in [0.15, 0.2) is 0 Å². The highest BCUT2D eigenvalue weighted by molar-refractivity contribution is 5.61. The molecule has 2 atom stereocenters. The first-order chi connectivity index (χ1) is 12.8. The molecule has 0 saturated carbocycles. The van der Waals surface area contributed by atoms with E-state index in [1.54, 1.807) is 0 Å². The molecule has 1 aliphatic heterocycles. The summed E-state index contributed by atoms with van der Waals surface area (Å²) in [5.74, 6) is 0. The number of benzene rings is 3. The third-order valence-electron chi connectivity index (χ3n) is 4.99. The average molecular weight is 341 g/mol. The third-order valence-corrected chi connectivity index (χ3v) is 4.99.